The fourth-order valence-electron chi connectivity index (χ4n) is 3.00. The number of esters is 1. The maximum Gasteiger partial charge on any atom is 0.333 e. The van der Waals surface area contributed by atoms with Crippen molar-refractivity contribution in [1.82, 2.24) is 0 Å². The molecular formula is C31H58O16. The van der Waals surface area contributed by atoms with Crippen LogP contribution >= 0.6 is 0 Å². The van der Waals surface area contributed by atoms with Crippen LogP contribution in [0.25, 0.3) is 0 Å². The van der Waals surface area contributed by atoms with Gasteiger partial charge in [0.25, 0.3) is 0 Å². The van der Waals surface area contributed by atoms with Crippen molar-refractivity contribution in [2.75, 3.05) is 165 Å². The number of aliphatic carboxylic acids is 1. The number of carboxylic acid groups (broad SMARTS) is 1. The Balaban J connectivity index is 3.07. The van der Waals surface area contributed by atoms with E-state index in [2.05, 4.69) is 6.58 Å². The summed E-state index contributed by atoms with van der Waals surface area (Å²) in [4.78, 5) is 21.5. The average molecular weight is 687 g/mol. The first-order chi connectivity index (χ1) is 23.0. The number of carboxylic acids is 1. The van der Waals surface area contributed by atoms with Gasteiger partial charge in [-0.1, -0.05) is 6.58 Å². The van der Waals surface area contributed by atoms with Gasteiger partial charge in [-0.2, -0.15) is 0 Å². The van der Waals surface area contributed by atoms with Gasteiger partial charge in [-0.05, 0) is 6.92 Å². The topological polar surface area (TPSA) is 174 Å². The van der Waals surface area contributed by atoms with Crippen molar-refractivity contribution in [2.24, 2.45) is 0 Å². The zero-order valence-corrected chi connectivity index (χ0v) is 28.2. The first kappa shape index (κ1) is 45.2. The lowest BCUT2D eigenvalue weighted by Gasteiger charge is -2.09. The lowest BCUT2D eigenvalue weighted by atomic mass is 10.4. The maximum absolute atomic E-state index is 11.2. The molecule has 0 aliphatic carbocycles. The summed E-state index contributed by atoms with van der Waals surface area (Å²) >= 11 is 0. The van der Waals surface area contributed by atoms with Crippen molar-refractivity contribution in [3.05, 3.63) is 12.2 Å². The van der Waals surface area contributed by atoms with E-state index in [1.54, 1.807) is 6.92 Å². The first-order valence-corrected chi connectivity index (χ1v) is 16.0. The Hall–Kier alpha value is -1.80. The second kappa shape index (κ2) is 38.6. The highest BCUT2D eigenvalue weighted by Crippen LogP contribution is 1.92. The van der Waals surface area contributed by atoms with Crippen LogP contribution < -0.4 is 0 Å². The van der Waals surface area contributed by atoms with E-state index in [0.29, 0.717) is 158 Å². The third-order valence-electron chi connectivity index (χ3n) is 5.36. The second-order valence-electron chi connectivity index (χ2n) is 9.41. The van der Waals surface area contributed by atoms with Crippen molar-refractivity contribution in [3.8, 4) is 0 Å². The van der Waals surface area contributed by atoms with Gasteiger partial charge < -0.3 is 66.7 Å². The zero-order valence-electron chi connectivity index (χ0n) is 28.2. The monoisotopic (exact) mass is 686 g/mol. The predicted octanol–water partition coefficient (Wildman–Crippen LogP) is 0.780. The molecule has 0 atom stereocenters. The Labute approximate surface area is 279 Å². The molecule has 0 spiro atoms. The molecule has 0 heterocycles. The largest absolute Gasteiger partial charge is 0.481 e. The van der Waals surface area contributed by atoms with E-state index in [-0.39, 0.29) is 19.6 Å². The van der Waals surface area contributed by atoms with E-state index in [0.717, 1.165) is 0 Å². The molecule has 0 radical (unpaired) electrons. The highest BCUT2D eigenvalue weighted by atomic mass is 16.6. The molecule has 0 bridgehead atoms. The summed E-state index contributed by atoms with van der Waals surface area (Å²) in [5.74, 6) is -1.30. The van der Waals surface area contributed by atoms with Crippen LogP contribution in [0.15, 0.2) is 12.2 Å². The molecule has 278 valence electrons. The minimum Gasteiger partial charge on any atom is -0.481 e. The Kier molecular flexibility index (Phi) is 37.2. The summed E-state index contributed by atoms with van der Waals surface area (Å²) in [6, 6.07) is 0. The molecule has 0 aromatic carbocycles. The van der Waals surface area contributed by atoms with Crippen LogP contribution in [0.2, 0.25) is 0 Å². The van der Waals surface area contributed by atoms with Crippen molar-refractivity contribution >= 4 is 11.9 Å². The molecule has 0 aromatic heterocycles. The maximum atomic E-state index is 11.2. The summed E-state index contributed by atoms with van der Waals surface area (Å²) in [6.07, 6.45) is -0.00647. The van der Waals surface area contributed by atoms with Crippen LogP contribution in [-0.2, 0) is 71.2 Å². The van der Waals surface area contributed by atoms with Crippen LogP contribution in [-0.4, -0.2) is 182 Å². The van der Waals surface area contributed by atoms with E-state index in [4.69, 9.17) is 66.7 Å². The van der Waals surface area contributed by atoms with Crippen LogP contribution in [0.4, 0.5) is 0 Å². The number of rotatable bonds is 40. The van der Waals surface area contributed by atoms with Gasteiger partial charge in [0.05, 0.1) is 165 Å². The second-order valence-corrected chi connectivity index (χ2v) is 9.41. The molecule has 0 aliphatic heterocycles. The number of carbonyl (C=O) groups is 2. The Morgan fingerprint density at radius 3 is 0.766 bits per heavy atom. The first-order valence-electron chi connectivity index (χ1n) is 16.0. The van der Waals surface area contributed by atoms with E-state index in [9.17, 15) is 9.59 Å². The summed E-state index contributed by atoms with van der Waals surface area (Å²) < 4.78 is 69.5. The summed E-state index contributed by atoms with van der Waals surface area (Å²) in [5, 5.41) is 8.48. The van der Waals surface area contributed by atoms with Gasteiger partial charge in [0, 0.05) is 5.57 Å². The van der Waals surface area contributed by atoms with Gasteiger partial charge in [-0.25, -0.2) is 4.79 Å². The lowest BCUT2D eigenvalue weighted by molar-refractivity contribution is -0.141. The third-order valence-corrected chi connectivity index (χ3v) is 5.36. The molecular weight excluding hydrogens is 628 g/mol. The van der Waals surface area contributed by atoms with E-state index in [1.165, 1.54) is 0 Å². The molecule has 1 N–H and O–H groups in total. The van der Waals surface area contributed by atoms with Crippen LogP contribution in [0, 0.1) is 0 Å². The number of carbonyl (C=O) groups excluding carboxylic acids is 1. The Morgan fingerprint density at radius 1 is 0.383 bits per heavy atom. The van der Waals surface area contributed by atoms with Crippen LogP contribution in [0.1, 0.15) is 13.3 Å². The molecule has 0 fully saturated rings. The van der Waals surface area contributed by atoms with Crippen LogP contribution in [0.5, 0.6) is 0 Å². The van der Waals surface area contributed by atoms with Crippen molar-refractivity contribution in [2.45, 2.75) is 13.3 Å². The smallest absolute Gasteiger partial charge is 0.333 e. The van der Waals surface area contributed by atoms with Crippen molar-refractivity contribution in [1.29, 1.82) is 0 Å². The Morgan fingerprint density at radius 2 is 0.574 bits per heavy atom. The van der Waals surface area contributed by atoms with Gasteiger partial charge in [-0.3, -0.25) is 4.79 Å². The zero-order chi connectivity index (χ0) is 34.3. The molecule has 16 heteroatoms. The molecule has 16 nitrogen and oxygen atoms in total. The predicted molar refractivity (Wildman–Crippen MR) is 168 cm³/mol. The molecule has 0 amide bonds. The van der Waals surface area contributed by atoms with E-state index in [1.807, 2.05) is 0 Å². The highest BCUT2D eigenvalue weighted by Gasteiger charge is 2.02. The van der Waals surface area contributed by atoms with Gasteiger partial charge in [0.15, 0.2) is 0 Å². The molecule has 47 heavy (non-hydrogen) atoms. The molecule has 0 saturated heterocycles. The Bertz CT molecular complexity index is 696. The number of hydrogen-bond donors (Lipinski definition) is 1. The fraction of sp³-hybridized carbons (Fsp3) is 0.871. The molecule has 0 saturated carbocycles. The van der Waals surface area contributed by atoms with E-state index < -0.39 is 11.9 Å². The standard InChI is InChI=1S/C31H58O16/c1-29(2)31(34)47-28-27-46-26-25-45-24-23-44-22-21-43-20-19-42-18-17-41-16-15-40-14-13-39-12-11-38-10-9-37-8-7-36-6-5-35-4-3-30(32)33/h1,3-28H2,2H3,(H,32,33). The van der Waals surface area contributed by atoms with Gasteiger partial charge in [0.2, 0.25) is 0 Å². The SMILES string of the molecule is C=C(C)C(=O)OCCOCCOCCOCCOCCOCCOCCOCCOCCOCCOCCOCCOCCC(=O)O. The van der Waals surface area contributed by atoms with E-state index >= 15 is 0 Å². The van der Waals surface area contributed by atoms with Gasteiger partial charge >= 0.3 is 11.9 Å². The summed E-state index contributed by atoms with van der Waals surface area (Å²) in [7, 11) is 0. The molecule has 0 aliphatic rings. The lowest BCUT2D eigenvalue weighted by Crippen LogP contribution is -2.16. The average Bonchev–Trinajstić information content (AvgIpc) is 3.05. The number of hydrogen-bond acceptors (Lipinski definition) is 15. The van der Waals surface area contributed by atoms with Crippen molar-refractivity contribution in [3.63, 3.8) is 0 Å². The number of ether oxygens (including phenoxy) is 13. The molecule has 0 aromatic rings. The quantitative estimate of drug-likeness (QED) is 0.0544. The summed E-state index contributed by atoms with van der Waals surface area (Å²) in [5.41, 5.74) is 0.365. The van der Waals surface area contributed by atoms with Gasteiger partial charge in [-0.15, -0.1) is 0 Å². The van der Waals surface area contributed by atoms with Crippen molar-refractivity contribution < 1.29 is 76.3 Å². The molecule has 0 unspecified atom stereocenters. The normalized spacial score (nSPS) is 11.3. The minimum atomic E-state index is -0.878. The minimum absolute atomic E-state index is 0.00647. The highest BCUT2D eigenvalue weighted by molar-refractivity contribution is 5.86. The van der Waals surface area contributed by atoms with Gasteiger partial charge in [0.1, 0.15) is 6.61 Å². The summed E-state index contributed by atoms with van der Waals surface area (Å²) in [6.45, 7) is 15.9. The molecule has 0 rings (SSSR count). The fourth-order valence-corrected chi connectivity index (χ4v) is 3.00. The third kappa shape index (κ3) is 40.3. The van der Waals surface area contributed by atoms with Crippen LogP contribution in [0.3, 0.4) is 0 Å².